The largest absolute Gasteiger partial charge is 0.390 e. The summed E-state index contributed by atoms with van der Waals surface area (Å²) in [7, 11) is 0. The van der Waals surface area contributed by atoms with E-state index in [1.54, 1.807) is 11.5 Å². The highest BCUT2D eigenvalue weighted by molar-refractivity contribution is 8.22. The summed E-state index contributed by atoms with van der Waals surface area (Å²) in [6.45, 7) is 9.03. The van der Waals surface area contributed by atoms with Gasteiger partial charge < -0.3 is 29.6 Å². The molecule has 1 aromatic rings. The Balaban J connectivity index is 1.77. The maximum absolute atomic E-state index is 10.7. The van der Waals surface area contributed by atoms with Crippen molar-refractivity contribution in [2.24, 2.45) is 0 Å². The van der Waals surface area contributed by atoms with Gasteiger partial charge >= 0.3 is 5.82 Å². The molecular formula is C14H23N5O3S2. The smallest absolute Gasteiger partial charge is 0.381 e. The molecule has 134 valence electrons. The Morgan fingerprint density at radius 2 is 2.17 bits per heavy atom. The standard InChI is InChI=1S/C14H23N5O3S2/c1-3-16-4-6-17(7-5-16)14(23)24-10-12(20)8-18-9-13(19(21)22)15-11(18)2/h9,12,20H,3-8,10H2,1-2H3. The Kier molecular flexibility index (Phi) is 6.96. The molecular weight excluding hydrogens is 350 g/mol. The molecule has 1 atom stereocenters. The number of hydrogen-bond acceptors (Lipinski definition) is 7. The van der Waals surface area contributed by atoms with Gasteiger partial charge in [0.05, 0.1) is 12.6 Å². The van der Waals surface area contributed by atoms with Crippen LogP contribution in [0.1, 0.15) is 12.7 Å². The van der Waals surface area contributed by atoms with Crippen molar-refractivity contribution in [3.8, 4) is 0 Å². The molecule has 1 N–H and O–H groups in total. The minimum absolute atomic E-state index is 0.198. The zero-order valence-electron chi connectivity index (χ0n) is 13.9. The van der Waals surface area contributed by atoms with E-state index in [0.29, 0.717) is 11.6 Å². The molecule has 1 saturated heterocycles. The molecule has 0 amide bonds. The predicted octanol–water partition coefficient (Wildman–Crippen LogP) is 1.12. The van der Waals surface area contributed by atoms with Crippen LogP contribution in [0, 0.1) is 17.0 Å². The number of aliphatic hydroxyl groups excluding tert-OH is 1. The predicted molar refractivity (Wildman–Crippen MR) is 98.4 cm³/mol. The highest BCUT2D eigenvalue weighted by Crippen LogP contribution is 2.16. The molecule has 0 saturated carbocycles. The van der Waals surface area contributed by atoms with E-state index in [0.717, 1.165) is 37.0 Å². The van der Waals surface area contributed by atoms with Crippen LogP contribution in [-0.4, -0.2) is 78.3 Å². The third-order valence-corrected chi connectivity index (χ3v) is 5.70. The molecule has 10 heteroatoms. The van der Waals surface area contributed by atoms with E-state index >= 15 is 0 Å². The second-order valence-corrected chi connectivity index (χ2v) is 7.36. The number of rotatable bonds is 6. The van der Waals surface area contributed by atoms with Crippen LogP contribution < -0.4 is 0 Å². The first kappa shape index (κ1) is 19.1. The number of aliphatic hydroxyl groups is 1. The molecule has 1 aliphatic rings. The Hall–Kier alpha value is -1.23. The highest BCUT2D eigenvalue weighted by atomic mass is 32.2. The fourth-order valence-electron chi connectivity index (χ4n) is 2.55. The molecule has 24 heavy (non-hydrogen) atoms. The van der Waals surface area contributed by atoms with Gasteiger partial charge in [-0.3, -0.25) is 0 Å². The summed E-state index contributed by atoms with van der Waals surface area (Å²) >= 11 is 6.91. The van der Waals surface area contributed by atoms with Gasteiger partial charge in [-0.15, -0.1) is 0 Å². The maximum atomic E-state index is 10.7. The summed E-state index contributed by atoms with van der Waals surface area (Å²) in [6, 6.07) is 0. The van der Waals surface area contributed by atoms with E-state index in [1.807, 2.05) is 0 Å². The van der Waals surface area contributed by atoms with Crippen molar-refractivity contribution in [2.75, 3.05) is 38.5 Å². The summed E-state index contributed by atoms with van der Waals surface area (Å²) in [5.74, 6) is 0.777. The molecule has 0 aliphatic carbocycles. The normalized spacial score (nSPS) is 17.0. The molecule has 2 rings (SSSR count). The van der Waals surface area contributed by atoms with Gasteiger partial charge in [-0.25, -0.2) is 0 Å². The van der Waals surface area contributed by atoms with E-state index in [9.17, 15) is 15.2 Å². The Labute approximate surface area is 151 Å². The number of nitro groups is 1. The van der Waals surface area contributed by atoms with Crippen molar-refractivity contribution in [3.05, 3.63) is 22.1 Å². The summed E-state index contributed by atoms with van der Waals surface area (Å²) in [4.78, 5) is 18.6. The number of nitrogens with zero attached hydrogens (tertiary/aromatic N) is 5. The number of likely N-dealkylation sites (N-methyl/N-ethyl adjacent to an activating group) is 1. The quantitative estimate of drug-likeness (QED) is 0.451. The zero-order valence-corrected chi connectivity index (χ0v) is 15.6. The molecule has 2 heterocycles. The van der Waals surface area contributed by atoms with Crippen molar-refractivity contribution in [3.63, 3.8) is 0 Å². The summed E-state index contributed by atoms with van der Waals surface area (Å²) in [5, 5.41) is 20.9. The lowest BCUT2D eigenvalue weighted by Gasteiger charge is -2.35. The molecule has 0 spiro atoms. The van der Waals surface area contributed by atoms with E-state index < -0.39 is 11.0 Å². The SMILES string of the molecule is CCN1CCN(C(=S)SCC(O)Cn2cc([N+](=O)[O-])nc2C)CC1. The minimum Gasteiger partial charge on any atom is -0.390 e. The summed E-state index contributed by atoms with van der Waals surface area (Å²) in [5.41, 5.74) is 0. The van der Waals surface area contributed by atoms with E-state index in [1.165, 1.54) is 18.0 Å². The molecule has 0 radical (unpaired) electrons. The minimum atomic E-state index is -0.641. The third-order valence-electron chi connectivity index (χ3n) is 4.03. The van der Waals surface area contributed by atoms with Crippen LogP contribution >= 0.6 is 24.0 Å². The maximum Gasteiger partial charge on any atom is 0.381 e. The lowest BCUT2D eigenvalue weighted by atomic mass is 10.3. The summed E-state index contributed by atoms with van der Waals surface area (Å²) in [6.07, 6.45) is 0.711. The Bertz CT molecular complexity index is 587. The van der Waals surface area contributed by atoms with Crippen LogP contribution in [0.5, 0.6) is 0 Å². The average Bonchev–Trinajstić information content (AvgIpc) is 2.94. The Morgan fingerprint density at radius 1 is 1.50 bits per heavy atom. The molecule has 8 nitrogen and oxygen atoms in total. The van der Waals surface area contributed by atoms with Gasteiger partial charge in [0, 0.05) is 38.9 Å². The first-order chi connectivity index (χ1) is 11.4. The van der Waals surface area contributed by atoms with Gasteiger partial charge in [-0.2, -0.15) is 0 Å². The number of imidazole rings is 1. The van der Waals surface area contributed by atoms with Gasteiger partial charge in [-0.1, -0.05) is 30.9 Å². The number of piperazine rings is 1. The molecule has 0 bridgehead atoms. The fraction of sp³-hybridized carbons (Fsp3) is 0.714. The van der Waals surface area contributed by atoms with E-state index in [4.69, 9.17) is 12.2 Å². The number of hydrogen-bond donors (Lipinski definition) is 1. The van der Waals surface area contributed by atoms with Crippen molar-refractivity contribution in [1.29, 1.82) is 0 Å². The topological polar surface area (TPSA) is 87.7 Å². The second-order valence-electron chi connectivity index (χ2n) is 5.71. The number of thiocarbonyl (C=S) groups is 1. The first-order valence-corrected chi connectivity index (χ1v) is 9.30. The lowest BCUT2D eigenvalue weighted by Crippen LogP contribution is -2.47. The summed E-state index contributed by atoms with van der Waals surface area (Å²) < 4.78 is 2.41. The van der Waals surface area contributed by atoms with Crippen LogP contribution in [0.25, 0.3) is 0 Å². The number of thioether (sulfide) groups is 1. The van der Waals surface area contributed by atoms with Crippen molar-refractivity contribution in [1.82, 2.24) is 19.4 Å². The Morgan fingerprint density at radius 3 is 2.71 bits per heavy atom. The third kappa shape index (κ3) is 5.13. The van der Waals surface area contributed by atoms with Gasteiger partial charge in [0.25, 0.3) is 0 Å². The van der Waals surface area contributed by atoms with Gasteiger partial charge in [-0.05, 0) is 16.5 Å². The molecule has 0 aromatic carbocycles. The highest BCUT2D eigenvalue weighted by Gasteiger charge is 2.20. The van der Waals surface area contributed by atoms with Crippen LogP contribution in [0.4, 0.5) is 5.82 Å². The lowest BCUT2D eigenvalue weighted by molar-refractivity contribution is -0.389. The van der Waals surface area contributed by atoms with E-state index in [2.05, 4.69) is 21.7 Å². The van der Waals surface area contributed by atoms with E-state index in [-0.39, 0.29) is 12.4 Å². The van der Waals surface area contributed by atoms with Gasteiger partial charge in [0.1, 0.15) is 10.5 Å². The number of aromatic nitrogens is 2. The molecule has 1 unspecified atom stereocenters. The van der Waals surface area contributed by atoms with Crippen LogP contribution in [0.3, 0.4) is 0 Å². The number of aryl methyl sites for hydroxylation is 1. The molecule has 1 aromatic heterocycles. The van der Waals surface area contributed by atoms with Crippen molar-refractivity contribution >= 4 is 34.1 Å². The van der Waals surface area contributed by atoms with Crippen LogP contribution in [-0.2, 0) is 6.54 Å². The average molecular weight is 374 g/mol. The molecule has 1 aliphatic heterocycles. The van der Waals surface area contributed by atoms with Crippen molar-refractivity contribution in [2.45, 2.75) is 26.5 Å². The monoisotopic (exact) mass is 373 g/mol. The molecule has 1 fully saturated rings. The van der Waals surface area contributed by atoms with Gasteiger partial charge in [0.2, 0.25) is 5.82 Å². The second kappa shape index (κ2) is 8.75. The fourth-order valence-corrected chi connectivity index (χ4v) is 3.74. The zero-order chi connectivity index (χ0) is 17.7. The van der Waals surface area contributed by atoms with Gasteiger partial charge in [0.15, 0.2) is 0 Å². The van der Waals surface area contributed by atoms with Crippen molar-refractivity contribution < 1.29 is 10.0 Å². The van der Waals surface area contributed by atoms with Crippen LogP contribution in [0.15, 0.2) is 6.20 Å². The first-order valence-electron chi connectivity index (χ1n) is 7.91. The van der Waals surface area contributed by atoms with Crippen LogP contribution in [0.2, 0.25) is 0 Å².